The molecular weight excluding hydrogens is 358 g/mol. The molecule has 0 saturated heterocycles. The van der Waals surface area contributed by atoms with Gasteiger partial charge in [0.2, 0.25) is 5.91 Å². The van der Waals surface area contributed by atoms with Gasteiger partial charge in [0.1, 0.15) is 6.04 Å². The molecule has 2 rings (SSSR count). The first kappa shape index (κ1) is 20.5. The minimum absolute atomic E-state index is 0.252. The second kappa shape index (κ2) is 10.4. The van der Waals surface area contributed by atoms with Gasteiger partial charge in [-0.2, -0.15) is 17.0 Å². The lowest BCUT2D eigenvalue weighted by Crippen LogP contribution is -2.44. The van der Waals surface area contributed by atoms with Crippen LogP contribution in [0, 0.1) is 18.3 Å². The maximum atomic E-state index is 12.7. The molecule has 2 aromatic carbocycles. The van der Waals surface area contributed by atoms with Crippen LogP contribution in [-0.4, -0.2) is 29.9 Å². The van der Waals surface area contributed by atoms with Gasteiger partial charge in [0.25, 0.3) is 5.91 Å². The number of hydrogen-bond donors (Lipinski definition) is 2. The highest BCUT2D eigenvalue weighted by molar-refractivity contribution is 7.98. The molecule has 0 aliphatic heterocycles. The highest BCUT2D eigenvalue weighted by atomic mass is 32.2. The molecule has 6 heteroatoms. The molecule has 1 atom stereocenters. The van der Waals surface area contributed by atoms with Crippen molar-refractivity contribution in [2.45, 2.75) is 25.8 Å². The van der Waals surface area contributed by atoms with Crippen LogP contribution in [0.4, 0.5) is 5.69 Å². The SMILES string of the molecule is CSCCC(NC(=O)c1cccc(C)c1)C(=O)Nc1ccc(CC#N)cc1. The predicted molar refractivity (Wildman–Crippen MR) is 110 cm³/mol. The van der Waals surface area contributed by atoms with Crippen LogP contribution in [0.15, 0.2) is 48.5 Å². The summed E-state index contributed by atoms with van der Waals surface area (Å²) in [6.45, 7) is 1.92. The molecule has 0 radical (unpaired) electrons. The number of aryl methyl sites for hydroxylation is 1. The zero-order valence-electron chi connectivity index (χ0n) is 15.5. The Bertz CT molecular complexity index is 828. The number of nitrogens with zero attached hydrogens (tertiary/aromatic N) is 1. The average Bonchev–Trinajstić information content (AvgIpc) is 2.66. The number of amides is 2. The van der Waals surface area contributed by atoms with Crippen molar-refractivity contribution in [3.8, 4) is 6.07 Å². The van der Waals surface area contributed by atoms with Gasteiger partial charge < -0.3 is 10.6 Å². The summed E-state index contributed by atoms with van der Waals surface area (Å²) in [4.78, 5) is 25.2. The van der Waals surface area contributed by atoms with Gasteiger partial charge >= 0.3 is 0 Å². The lowest BCUT2D eigenvalue weighted by atomic mass is 10.1. The number of carbonyl (C=O) groups excluding carboxylic acids is 2. The van der Waals surface area contributed by atoms with E-state index in [4.69, 9.17) is 5.26 Å². The number of hydrogen-bond acceptors (Lipinski definition) is 4. The number of nitrogens with one attached hydrogen (secondary N) is 2. The Kier molecular flexibility index (Phi) is 7.90. The lowest BCUT2D eigenvalue weighted by molar-refractivity contribution is -0.118. The number of benzene rings is 2. The van der Waals surface area contributed by atoms with Gasteiger partial charge in [-0.05, 0) is 55.2 Å². The van der Waals surface area contributed by atoms with E-state index in [1.54, 1.807) is 48.2 Å². The number of rotatable bonds is 8. The van der Waals surface area contributed by atoms with Crippen LogP contribution in [0.3, 0.4) is 0 Å². The summed E-state index contributed by atoms with van der Waals surface area (Å²) < 4.78 is 0. The van der Waals surface area contributed by atoms with E-state index in [0.29, 0.717) is 24.1 Å². The number of anilines is 1. The summed E-state index contributed by atoms with van der Waals surface area (Å²) in [5, 5.41) is 14.4. The molecule has 1 unspecified atom stereocenters. The monoisotopic (exact) mass is 381 g/mol. The Morgan fingerprint density at radius 2 is 1.93 bits per heavy atom. The predicted octanol–water partition coefficient (Wildman–Crippen LogP) is 3.55. The van der Waals surface area contributed by atoms with E-state index in [-0.39, 0.29) is 11.8 Å². The van der Waals surface area contributed by atoms with E-state index >= 15 is 0 Å². The molecule has 27 heavy (non-hydrogen) atoms. The molecule has 5 nitrogen and oxygen atoms in total. The van der Waals surface area contributed by atoms with E-state index in [9.17, 15) is 9.59 Å². The molecule has 0 saturated carbocycles. The van der Waals surface area contributed by atoms with Crippen LogP contribution >= 0.6 is 11.8 Å². The van der Waals surface area contributed by atoms with Crippen LogP contribution in [0.2, 0.25) is 0 Å². The summed E-state index contributed by atoms with van der Waals surface area (Å²) in [5.74, 6) is 0.246. The highest BCUT2D eigenvalue weighted by Gasteiger charge is 2.21. The van der Waals surface area contributed by atoms with Crippen molar-refractivity contribution < 1.29 is 9.59 Å². The fourth-order valence-electron chi connectivity index (χ4n) is 2.56. The fraction of sp³-hybridized carbons (Fsp3) is 0.286. The van der Waals surface area contributed by atoms with Crippen LogP contribution in [0.1, 0.15) is 27.9 Å². The van der Waals surface area contributed by atoms with Crippen LogP contribution in [0.25, 0.3) is 0 Å². The zero-order chi connectivity index (χ0) is 19.6. The number of thioether (sulfide) groups is 1. The third-order valence-electron chi connectivity index (χ3n) is 4.02. The molecule has 0 fully saturated rings. The molecule has 0 aliphatic rings. The molecule has 0 spiro atoms. The summed E-state index contributed by atoms with van der Waals surface area (Å²) in [6, 6.07) is 15.9. The Morgan fingerprint density at radius 3 is 2.56 bits per heavy atom. The van der Waals surface area contributed by atoms with Crippen molar-refractivity contribution in [2.24, 2.45) is 0 Å². The van der Waals surface area contributed by atoms with Crippen molar-refractivity contribution in [1.82, 2.24) is 5.32 Å². The van der Waals surface area contributed by atoms with Crippen molar-refractivity contribution in [2.75, 3.05) is 17.3 Å². The van der Waals surface area contributed by atoms with Crippen LogP contribution in [0.5, 0.6) is 0 Å². The van der Waals surface area contributed by atoms with E-state index in [2.05, 4.69) is 16.7 Å². The Morgan fingerprint density at radius 1 is 1.19 bits per heavy atom. The quantitative estimate of drug-likeness (QED) is 0.733. The van der Waals surface area contributed by atoms with Gasteiger partial charge in [-0.15, -0.1) is 0 Å². The minimum Gasteiger partial charge on any atom is -0.340 e. The van der Waals surface area contributed by atoms with E-state index in [1.165, 1.54) is 0 Å². The van der Waals surface area contributed by atoms with Gasteiger partial charge in [-0.1, -0.05) is 29.8 Å². The van der Waals surface area contributed by atoms with Crippen molar-refractivity contribution >= 4 is 29.3 Å². The van der Waals surface area contributed by atoms with Gasteiger partial charge in [0.05, 0.1) is 12.5 Å². The van der Waals surface area contributed by atoms with Gasteiger partial charge in [0, 0.05) is 11.3 Å². The van der Waals surface area contributed by atoms with E-state index < -0.39 is 6.04 Å². The topological polar surface area (TPSA) is 82.0 Å². The lowest BCUT2D eigenvalue weighted by Gasteiger charge is -2.18. The summed E-state index contributed by atoms with van der Waals surface area (Å²) in [6.07, 6.45) is 2.83. The van der Waals surface area contributed by atoms with Crippen LogP contribution in [-0.2, 0) is 11.2 Å². The van der Waals surface area contributed by atoms with Gasteiger partial charge in [0.15, 0.2) is 0 Å². The molecule has 0 aromatic heterocycles. The second-order valence-corrected chi connectivity index (χ2v) is 7.18. The number of nitriles is 1. The first-order valence-electron chi connectivity index (χ1n) is 8.66. The fourth-order valence-corrected chi connectivity index (χ4v) is 3.03. The maximum absolute atomic E-state index is 12.7. The van der Waals surface area contributed by atoms with Crippen molar-refractivity contribution in [1.29, 1.82) is 5.26 Å². The van der Waals surface area contributed by atoms with Crippen molar-refractivity contribution in [3.05, 3.63) is 65.2 Å². The van der Waals surface area contributed by atoms with Gasteiger partial charge in [-0.3, -0.25) is 9.59 Å². The zero-order valence-corrected chi connectivity index (χ0v) is 16.3. The Labute approximate surface area is 164 Å². The highest BCUT2D eigenvalue weighted by Crippen LogP contribution is 2.12. The molecule has 2 N–H and O–H groups in total. The average molecular weight is 382 g/mol. The largest absolute Gasteiger partial charge is 0.340 e. The molecule has 0 bridgehead atoms. The Hall–Kier alpha value is -2.78. The number of carbonyl (C=O) groups is 2. The standard InChI is InChI=1S/C21H23N3O2S/c1-15-4-3-5-17(14-15)20(25)24-19(11-13-27-2)21(26)23-18-8-6-16(7-9-18)10-12-22/h3-9,14,19H,10-11,13H2,1-2H3,(H,23,26)(H,24,25). The van der Waals surface area contributed by atoms with E-state index in [0.717, 1.165) is 16.9 Å². The Balaban J connectivity index is 2.06. The van der Waals surface area contributed by atoms with Gasteiger partial charge in [-0.25, -0.2) is 0 Å². The molecule has 2 amide bonds. The molecule has 0 aliphatic carbocycles. The maximum Gasteiger partial charge on any atom is 0.251 e. The summed E-state index contributed by atoms with van der Waals surface area (Å²) in [5.41, 5.74) is 3.06. The smallest absolute Gasteiger partial charge is 0.251 e. The molecule has 0 heterocycles. The summed E-state index contributed by atoms with van der Waals surface area (Å²) >= 11 is 1.62. The first-order chi connectivity index (χ1) is 13.0. The molecule has 2 aromatic rings. The minimum atomic E-state index is -0.621. The molecule has 140 valence electrons. The summed E-state index contributed by atoms with van der Waals surface area (Å²) in [7, 11) is 0. The van der Waals surface area contributed by atoms with Crippen molar-refractivity contribution in [3.63, 3.8) is 0 Å². The first-order valence-corrected chi connectivity index (χ1v) is 10.1. The normalized spacial score (nSPS) is 11.3. The third kappa shape index (κ3) is 6.46. The third-order valence-corrected chi connectivity index (χ3v) is 4.66. The second-order valence-electron chi connectivity index (χ2n) is 6.20. The van der Waals surface area contributed by atoms with E-state index in [1.807, 2.05) is 25.3 Å². The van der Waals surface area contributed by atoms with Crippen LogP contribution < -0.4 is 10.6 Å². The molecular formula is C21H23N3O2S.